The lowest BCUT2D eigenvalue weighted by Gasteiger charge is -2.44. The predicted molar refractivity (Wildman–Crippen MR) is 57.1 cm³/mol. The Morgan fingerprint density at radius 2 is 2.00 bits per heavy atom. The molecular weight excluding hydrogens is 228 g/mol. The molecular formula is C11H18O6. The minimum atomic E-state index is -1.82. The highest BCUT2D eigenvalue weighted by atomic mass is 16.7. The number of ether oxygens (including phenoxy) is 3. The summed E-state index contributed by atoms with van der Waals surface area (Å²) in [6.45, 7) is 4.01. The van der Waals surface area contributed by atoms with Crippen LogP contribution in [0.4, 0.5) is 0 Å². The summed E-state index contributed by atoms with van der Waals surface area (Å²) in [5.41, 5.74) is -1.82. The Hall–Kier alpha value is -0.980. The minimum absolute atomic E-state index is 0.122. The first-order chi connectivity index (χ1) is 7.82. The standard InChI is InChI=1S/C11H18O6/c1-6(12)11(14)7(2)16-10(15-4)5-9(11)17-8(3)13/h7,9-10,14H,5H2,1-4H3/t7-,9+,10+,11+/m0/s1. The summed E-state index contributed by atoms with van der Waals surface area (Å²) >= 11 is 0. The largest absolute Gasteiger partial charge is 0.459 e. The molecule has 0 aromatic heterocycles. The van der Waals surface area contributed by atoms with Crippen molar-refractivity contribution in [3.8, 4) is 0 Å². The Morgan fingerprint density at radius 1 is 1.41 bits per heavy atom. The summed E-state index contributed by atoms with van der Waals surface area (Å²) in [6, 6.07) is 0. The van der Waals surface area contributed by atoms with Gasteiger partial charge in [0, 0.05) is 20.5 Å². The maximum Gasteiger partial charge on any atom is 0.303 e. The molecule has 1 N–H and O–H groups in total. The molecule has 4 atom stereocenters. The van der Waals surface area contributed by atoms with E-state index >= 15 is 0 Å². The van der Waals surface area contributed by atoms with Gasteiger partial charge in [-0.15, -0.1) is 0 Å². The number of carbonyl (C=O) groups is 2. The summed E-state index contributed by atoms with van der Waals surface area (Å²) in [7, 11) is 1.44. The molecule has 1 rings (SSSR count). The zero-order valence-electron chi connectivity index (χ0n) is 10.4. The molecule has 98 valence electrons. The number of hydrogen-bond donors (Lipinski definition) is 1. The van der Waals surface area contributed by atoms with Crippen molar-refractivity contribution < 1.29 is 28.9 Å². The van der Waals surface area contributed by atoms with Crippen molar-refractivity contribution in [2.75, 3.05) is 7.11 Å². The third-order valence-corrected chi connectivity index (χ3v) is 3.01. The average molecular weight is 246 g/mol. The lowest BCUT2D eigenvalue weighted by atomic mass is 9.83. The SMILES string of the molecule is CO[C@H]1C[C@@H](OC(C)=O)[C@@](O)(C(C)=O)[C@H](C)O1. The second-order valence-electron chi connectivity index (χ2n) is 4.16. The maximum absolute atomic E-state index is 11.6. The first-order valence-corrected chi connectivity index (χ1v) is 5.41. The molecule has 0 radical (unpaired) electrons. The van der Waals surface area contributed by atoms with Gasteiger partial charge in [-0.3, -0.25) is 9.59 Å². The monoisotopic (exact) mass is 246 g/mol. The third kappa shape index (κ3) is 2.65. The molecule has 1 saturated heterocycles. The van der Waals surface area contributed by atoms with E-state index < -0.39 is 35.9 Å². The number of carbonyl (C=O) groups excluding carboxylic acids is 2. The van der Waals surface area contributed by atoms with Crippen molar-refractivity contribution >= 4 is 11.8 Å². The Bertz CT molecular complexity index is 315. The molecule has 0 bridgehead atoms. The second-order valence-corrected chi connectivity index (χ2v) is 4.16. The van der Waals surface area contributed by atoms with Crippen LogP contribution in [0.5, 0.6) is 0 Å². The van der Waals surface area contributed by atoms with Gasteiger partial charge in [0.1, 0.15) is 6.10 Å². The van der Waals surface area contributed by atoms with E-state index in [-0.39, 0.29) is 6.42 Å². The highest BCUT2D eigenvalue weighted by molar-refractivity contribution is 5.86. The van der Waals surface area contributed by atoms with Crippen LogP contribution in [-0.4, -0.2) is 48.1 Å². The van der Waals surface area contributed by atoms with Crippen LogP contribution in [0.2, 0.25) is 0 Å². The highest BCUT2D eigenvalue weighted by Crippen LogP contribution is 2.32. The van der Waals surface area contributed by atoms with Gasteiger partial charge in [-0.25, -0.2) is 0 Å². The van der Waals surface area contributed by atoms with E-state index in [0.717, 1.165) is 0 Å². The number of ketones is 1. The van der Waals surface area contributed by atoms with Gasteiger partial charge in [-0.05, 0) is 13.8 Å². The zero-order chi connectivity index (χ0) is 13.2. The fraction of sp³-hybridized carbons (Fsp3) is 0.818. The fourth-order valence-corrected chi connectivity index (χ4v) is 2.01. The van der Waals surface area contributed by atoms with Crippen molar-refractivity contribution in [3.05, 3.63) is 0 Å². The molecule has 1 heterocycles. The molecule has 1 aliphatic heterocycles. The lowest BCUT2D eigenvalue weighted by molar-refractivity contribution is -0.270. The average Bonchev–Trinajstić information content (AvgIpc) is 2.23. The summed E-state index contributed by atoms with van der Waals surface area (Å²) in [6.07, 6.45) is -2.24. The van der Waals surface area contributed by atoms with Crippen molar-refractivity contribution in [2.45, 2.75) is 51.3 Å². The molecule has 0 aromatic rings. The van der Waals surface area contributed by atoms with Crippen molar-refractivity contribution in [2.24, 2.45) is 0 Å². The van der Waals surface area contributed by atoms with Gasteiger partial charge in [-0.2, -0.15) is 0 Å². The topological polar surface area (TPSA) is 82.1 Å². The zero-order valence-corrected chi connectivity index (χ0v) is 10.4. The number of aliphatic hydroxyl groups is 1. The summed E-state index contributed by atoms with van der Waals surface area (Å²) in [5.74, 6) is -1.05. The molecule has 0 amide bonds. The molecule has 1 aliphatic rings. The number of Topliss-reactive ketones (excluding diaryl/α,β-unsaturated/α-hetero) is 1. The van der Waals surface area contributed by atoms with Crippen LogP contribution in [-0.2, 0) is 23.8 Å². The van der Waals surface area contributed by atoms with Gasteiger partial charge in [0.25, 0.3) is 0 Å². The van der Waals surface area contributed by atoms with Crippen molar-refractivity contribution in [1.82, 2.24) is 0 Å². The van der Waals surface area contributed by atoms with E-state index in [4.69, 9.17) is 14.2 Å². The van der Waals surface area contributed by atoms with Gasteiger partial charge in [0.15, 0.2) is 17.7 Å². The molecule has 0 spiro atoms. The van der Waals surface area contributed by atoms with E-state index in [1.807, 2.05) is 0 Å². The van der Waals surface area contributed by atoms with Crippen molar-refractivity contribution in [1.29, 1.82) is 0 Å². The minimum Gasteiger partial charge on any atom is -0.459 e. The molecule has 0 aliphatic carbocycles. The van der Waals surface area contributed by atoms with Gasteiger partial charge in [-0.1, -0.05) is 0 Å². The molecule has 6 heteroatoms. The van der Waals surface area contributed by atoms with Crippen LogP contribution in [0.15, 0.2) is 0 Å². The molecule has 1 fully saturated rings. The van der Waals surface area contributed by atoms with Crippen LogP contribution < -0.4 is 0 Å². The fourth-order valence-electron chi connectivity index (χ4n) is 2.01. The summed E-state index contributed by atoms with van der Waals surface area (Å²) < 4.78 is 15.4. The van der Waals surface area contributed by atoms with Crippen LogP contribution in [0, 0.1) is 0 Å². The van der Waals surface area contributed by atoms with E-state index in [0.29, 0.717) is 0 Å². The smallest absolute Gasteiger partial charge is 0.303 e. The number of esters is 1. The van der Waals surface area contributed by atoms with E-state index in [1.54, 1.807) is 6.92 Å². The van der Waals surface area contributed by atoms with Gasteiger partial charge < -0.3 is 19.3 Å². The maximum atomic E-state index is 11.6. The normalized spacial score (nSPS) is 37.6. The number of hydrogen-bond acceptors (Lipinski definition) is 6. The first-order valence-electron chi connectivity index (χ1n) is 5.41. The van der Waals surface area contributed by atoms with E-state index in [9.17, 15) is 14.7 Å². The molecule has 0 unspecified atom stereocenters. The van der Waals surface area contributed by atoms with Crippen LogP contribution in [0.3, 0.4) is 0 Å². The highest BCUT2D eigenvalue weighted by Gasteiger charge is 2.54. The Kier molecular flexibility index (Phi) is 4.24. The Labute approximate surface area is 99.8 Å². The van der Waals surface area contributed by atoms with Gasteiger partial charge in [0.05, 0.1) is 6.10 Å². The molecule has 0 saturated carbocycles. The van der Waals surface area contributed by atoms with Gasteiger partial charge in [0.2, 0.25) is 0 Å². The first kappa shape index (κ1) is 14.1. The number of methoxy groups -OCH3 is 1. The predicted octanol–water partition coefficient (Wildman–Crippen LogP) is 0.0195. The quantitative estimate of drug-likeness (QED) is 0.707. The summed E-state index contributed by atoms with van der Waals surface area (Å²) in [4.78, 5) is 22.6. The van der Waals surface area contributed by atoms with Crippen LogP contribution >= 0.6 is 0 Å². The molecule has 6 nitrogen and oxygen atoms in total. The Morgan fingerprint density at radius 3 is 2.41 bits per heavy atom. The number of rotatable bonds is 3. The Balaban J connectivity index is 2.98. The van der Waals surface area contributed by atoms with Crippen LogP contribution in [0.1, 0.15) is 27.2 Å². The molecule has 0 aromatic carbocycles. The molecule has 17 heavy (non-hydrogen) atoms. The van der Waals surface area contributed by atoms with Crippen LogP contribution in [0.25, 0.3) is 0 Å². The second kappa shape index (κ2) is 5.12. The lowest BCUT2D eigenvalue weighted by Crippen LogP contribution is -2.63. The van der Waals surface area contributed by atoms with Gasteiger partial charge >= 0.3 is 5.97 Å². The third-order valence-electron chi connectivity index (χ3n) is 3.01. The summed E-state index contributed by atoms with van der Waals surface area (Å²) in [5, 5.41) is 10.3. The van der Waals surface area contributed by atoms with E-state index in [2.05, 4.69) is 0 Å². The van der Waals surface area contributed by atoms with Crippen molar-refractivity contribution in [3.63, 3.8) is 0 Å². The van der Waals surface area contributed by atoms with E-state index in [1.165, 1.54) is 21.0 Å².